The second-order valence-corrected chi connectivity index (χ2v) is 8.27. The van der Waals surface area contributed by atoms with Gasteiger partial charge in [-0.3, -0.25) is 14.5 Å². The lowest BCUT2D eigenvalue weighted by molar-refractivity contribution is -0.123. The molecule has 2 aromatic rings. The van der Waals surface area contributed by atoms with Gasteiger partial charge in [-0.25, -0.2) is 0 Å². The molecular formula is C23H24N2O3S. The van der Waals surface area contributed by atoms with Crippen LogP contribution in [0.3, 0.4) is 0 Å². The summed E-state index contributed by atoms with van der Waals surface area (Å²) in [5, 5.41) is -0.248. The van der Waals surface area contributed by atoms with Crippen LogP contribution < -0.4 is 9.64 Å². The number of rotatable bonds is 6. The topological polar surface area (TPSA) is 49.9 Å². The second kappa shape index (κ2) is 8.74. The zero-order chi connectivity index (χ0) is 20.2. The van der Waals surface area contributed by atoms with Gasteiger partial charge in [-0.05, 0) is 67.4 Å². The number of anilines is 1. The van der Waals surface area contributed by atoms with E-state index in [0.717, 1.165) is 41.7 Å². The molecule has 2 fully saturated rings. The maximum Gasteiger partial charge on any atom is 0.293 e. The first-order valence-electron chi connectivity index (χ1n) is 9.90. The Hall–Kier alpha value is -2.73. The van der Waals surface area contributed by atoms with E-state index in [2.05, 4.69) is 17.0 Å². The van der Waals surface area contributed by atoms with Crippen LogP contribution in [0.1, 0.15) is 24.0 Å². The molecule has 0 bridgehead atoms. The molecule has 2 aliphatic heterocycles. The van der Waals surface area contributed by atoms with Crippen LogP contribution in [0.15, 0.2) is 53.4 Å². The largest absolute Gasteiger partial charge is 0.492 e. The zero-order valence-electron chi connectivity index (χ0n) is 16.5. The molecule has 2 aromatic carbocycles. The van der Waals surface area contributed by atoms with Crippen LogP contribution in [0, 0.1) is 6.92 Å². The van der Waals surface area contributed by atoms with Crippen molar-refractivity contribution in [3.05, 3.63) is 64.6 Å². The van der Waals surface area contributed by atoms with Gasteiger partial charge in [0.15, 0.2) is 0 Å². The standard InChI is InChI=1S/C23H24N2O3S/c1-17-4-10-20(11-5-17)28-15-14-25-22(26)21(29-23(25)27)16-18-6-8-19(9-7-18)24-12-2-3-13-24/h4-11,16H,2-3,12-15H2,1H3/b21-16-. The van der Waals surface area contributed by atoms with Crippen LogP contribution >= 0.6 is 11.8 Å². The van der Waals surface area contributed by atoms with Crippen molar-refractivity contribution < 1.29 is 14.3 Å². The number of benzene rings is 2. The van der Waals surface area contributed by atoms with Crippen LogP contribution in [-0.4, -0.2) is 42.3 Å². The average molecular weight is 409 g/mol. The van der Waals surface area contributed by atoms with Gasteiger partial charge in [0.05, 0.1) is 11.4 Å². The Balaban J connectivity index is 1.36. The summed E-state index contributed by atoms with van der Waals surface area (Å²) in [6.07, 6.45) is 4.27. The van der Waals surface area contributed by atoms with Gasteiger partial charge >= 0.3 is 0 Å². The molecule has 0 unspecified atom stereocenters. The minimum atomic E-state index is -0.254. The molecule has 2 aliphatic rings. The Morgan fingerprint density at radius 2 is 1.69 bits per heavy atom. The highest BCUT2D eigenvalue weighted by Crippen LogP contribution is 2.32. The second-order valence-electron chi connectivity index (χ2n) is 7.28. The molecule has 5 nitrogen and oxygen atoms in total. The maximum absolute atomic E-state index is 12.6. The Morgan fingerprint density at radius 1 is 1.00 bits per heavy atom. The van der Waals surface area contributed by atoms with Crippen molar-refractivity contribution in [1.29, 1.82) is 0 Å². The smallest absolute Gasteiger partial charge is 0.293 e. The summed E-state index contributed by atoms with van der Waals surface area (Å²) in [6, 6.07) is 15.9. The quantitative estimate of drug-likeness (QED) is 0.648. The molecule has 0 atom stereocenters. The molecule has 6 heteroatoms. The average Bonchev–Trinajstić information content (AvgIpc) is 3.35. The minimum absolute atomic E-state index is 0.240. The van der Waals surface area contributed by atoms with Gasteiger partial charge in [0.2, 0.25) is 0 Å². The SMILES string of the molecule is Cc1ccc(OCCN2C(=O)S/C(=C\c3ccc(N4CCCC4)cc3)C2=O)cc1. The Bertz CT molecular complexity index is 916. The van der Waals surface area contributed by atoms with Crippen LogP contribution in [-0.2, 0) is 4.79 Å². The van der Waals surface area contributed by atoms with Gasteiger partial charge in [0, 0.05) is 18.8 Å². The predicted octanol–water partition coefficient (Wildman–Crippen LogP) is 4.71. The summed E-state index contributed by atoms with van der Waals surface area (Å²) >= 11 is 0.987. The molecule has 0 saturated carbocycles. The van der Waals surface area contributed by atoms with E-state index >= 15 is 0 Å². The first-order chi connectivity index (χ1) is 14.1. The molecule has 0 aromatic heterocycles. The molecule has 0 spiro atoms. The van der Waals surface area contributed by atoms with Gasteiger partial charge in [-0.2, -0.15) is 0 Å². The van der Waals surface area contributed by atoms with E-state index < -0.39 is 0 Å². The molecule has 4 rings (SSSR count). The number of aryl methyl sites for hydroxylation is 1. The molecule has 150 valence electrons. The molecule has 2 saturated heterocycles. The molecular weight excluding hydrogens is 384 g/mol. The summed E-state index contributed by atoms with van der Waals surface area (Å²) in [5.74, 6) is 0.479. The minimum Gasteiger partial charge on any atom is -0.492 e. The summed E-state index contributed by atoms with van der Waals surface area (Å²) in [5.41, 5.74) is 3.29. The van der Waals surface area contributed by atoms with E-state index in [4.69, 9.17) is 4.74 Å². The third-order valence-electron chi connectivity index (χ3n) is 5.14. The Labute approximate surface area is 175 Å². The number of hydrogen-bond acceptors (Lipinski definition) is 5. The molecule has 0 N–H and O–H groups in total. The molecule has 0 aliphatic carbocycles. The van der Waals surface area contributed by atoms with Crippen molar-refractivity contribution in [2.45, 2.75) is 19.8 Å². The van der Waals surface area contributed by atoms with E-state index in [0.29, 0.717) is 4.91 Å². The number of amides is 2. The monoisotopic (exact) mass is 408 g/mol. The van der Waals surface area contributed by atoms with Crippen molar-refractivity contribution >= 4 is 34.7 Å². The van der Waals surface area contributed by atoms with Crippen LogP contribution in [0.4, 0.5) is 10.5 Å². The van der Waals surface area contributed by atoms with Crippen molar-refractivity contribution in [3.63, 3.8) is 0 Å². The molecule has 2 amide bonds. The lowest BCUT2D eigenvalue weighted by atomic mass is 10.2. The van der Waals surface area contributed by atoms with E-state index in [1.807, 2.05) is 43.3 Å². The van der Waals surface area contributed by atoms with Crippen molar-refractivity contribution in [2.75, 3.05) is 31.1 Å². The zero-order valence-corrected chi connectivity index (χ0v) is 17.3. The summed E-state index contributed by atoms with van der Waals surface area (Å²) in [6.45, 7) is 4.73. The predicted molar refractivity (Wildman–Crippen MR) is 117 cm³/mol. The number of hydrogen-bond donors (Lipinski definition) is 0. The Morgan fingerprint density at radius 3 is 2.38 bits per heavy atom. The highest BCUT2D eigenvalue weighted by atomic mass is 32.2. The van der Waals surface area contributed by atoms with Crippen LogP contribution in [0.5, 0.6) is 5.75 Å². The third kappa shape index (κ3) is 4.65. The van der Waals surface area contributed by atoms with Gasteiger partial charge < -0.3 is 9.64 Å². The molecule has 0 radical (unpaired) electrons. The maximum atomic E-state index is 12.6. The number of carbonyl (C=O) groups excluding carboxylic acids is 2. The highest BCUT2D eigenvalue weighted by Gasteiger charge is 2.34. The normalized spacial score (nSPS) is 18.2. The summed E-state index contributed by atoms with van der Waals surface area (Å²) in [4.78, 5) is 29.0. The highest BCUT2D eigenvalue weighted by molar-refractivity contribution is 8.18. The van der Waals surface area contributed by atoms with Gasteiger partial charge in [-0.15, -0.1) is 0 Å². The van der Waals surface area contributed by atoms with Crippen molar-refractivity contribution in [2.24, 2.45) is 0 Å². The van der Waals surface area contributed by atoms with E-state index in [1.54, 1.807) is 6.08 Å². The van der Waals surface area contributed by atoms with E-state index in [-0.39, 0.29) is 24.3 Å². The van der Waals surface area contributed by atoms with E-state index in [9.17, 15) is 9.59 Å². The van der Waals surface area contributed by atoms with Gasteiger partial charge in [0.1, 0.15) is 12.4 Å². The third-order valence-corrected chi connectivity index (χ3v) is 6.05. The molecule has 2 heterocycles. The number of imide groups is 1. The lowest BCUT2D eigenvalue weighted by Gasteiger charge is -2.17. The number of thioether (sulfide) groups is 1. The van der Waals surface area contributed by atoms with Gasteiger partial charge in [0.25, 0.3) is 11.1 Å². The molecule has 29 heavy (non-hydrogen) atoms. The fraction of sp³-hybridized carbons (Fsp3) is 0.304. The number of carbonyl (C=O) groups is 2. The Kier molecular flexibility index (Phi) is 5.90. The van der Waals surface area contributed by atoms with Crippen LogP contribution in [0.2, 0.25) is 0 Å². The van der Waals surface area contributed by atoms with Crippen LogP contribution in [0.25, 0.3) is 6.08 Å². The van der Waals surface area contributed by atoms with E-state index in [1.165, 1.54) is 23.4 Å². The number of nitrogens with zero attached hydrogens (tertiary/aromatic N) is 2. The summed E-state index contributed by atoms with van der Waals surface area (Å²) < 4.78 is 5.66. The first-order valence-corrected chi connectivity index (χ1v) is 10.7. The first kappa shape index (κ1) is 19.6. The van der Waals surface area contributed by atoms with Crippen molar-refractivity contribution in [1.82, 2.24) is 4.90 Å². The van der Waals surface area contributed by atoms with Crippen molar-refractivity contribution in [3.8, 4) is 5.75 Å². The fourth-order valence-electron chi connectivity index (χ4n) is 3.49. The lowest BCUT2D eigenvalue weighted by Crippen LogP contribution is -2.32. The summed E-state index contributed by atoms with van der Waals surface area (Å²) in [7, 11) is 0. The fourth-order valence-corrected chi connectivity index (χ4v) is 4.36. The van der Waals surface area contributed by atoms with Gasteiger partial charge in [-0.1, -0.05) is 29.8 Å². The number of ether oxygens (including phenoxy) is 1.